The molecule has 1 atom stereocenters. The number of ether oxygens (including phenoxy) is 2. The fourth-order valence-electron chi connectivity index (χ4n) is 3.96. The number of carbonyl (C=O) groups excluding carboxylic acids is 2. The molecule has 0 amide bonds. The van der Waals surface area contributed by atoms with Gasteiger partial charge in [0, 0.05) is 35.9 Å². The number of aromatic nitrogens is 1. The Morgan fingerprint density at radius 2 is 1.71 bits per heavy atom. The SMILES string of the molecule is CCOC(=O)C1=C(C)NC(C)=C(C(=O)OCCCc2ccncc2)C1c1cccc([N+](=O)[O-])c1. The number of nitrogens with zero attached hydrogens (tertiary/aromatic N) is 2. The number of non-ortho nitro benzene ring substituents is 1. The second-order valence-electron chi connectivity index (χ2n) is 7.80. The average molecular weight is 466 g/mol. The van der Waals surface area contributed by atoms with Gasteiger partial charge in [-0.25, -0.2) is 9.59 Å². The van der Waals surface area contributed by atoms with Crippen LogP contribution in [0.2, 0.25) is 0 Å². The molecule has 2 aromatic rings. The molecule has 34 heavy (non-hydrogen) atoms. The number of rotatable bonds is 9. The lowest BCUT2D eigenvalue weighted by atomic mass is 9.80. The van der Waals surface area contributed by atoms with E-state index in [1.807, 2.05) is 12.1 Å². The minimum atomic E-state index is -0.868. The molecule has 0 bridgehead atoms. The number of nitro groups is 1. The van der Waals surface area contributed by atoms with Gasteiger partial charge >= 0.3 is 11.9 Å². The number of benzene rings is 1. The van der Waals surface area contributed by atoms with Crippen molar-refractivity contribution in [2.24, 2.45) is 0 Å². The Balaban J connectivity index is 1.90. The number of nitro benzene ring substituents is 1. The minimum absolute atomic E-state index is 0.139. The third-order valence-electron chi connectivity index (χ3n) is 5.48. The van der Waals surface area contributed by atoms with Crippen LogP contribution in [0.5, 0.6) is 0 Å². The van der Waals surface area contributed by atoms with Crippen molar-refractivity contribution in [1.82, 2.24) is 10.3 Å². The fourth-order valence-corrected chi connectivity index (χ4v) is 3.96. The molecule has 178 valence electrons. The number of carbonyl (C=O) groups is 2. The lowest BCUT2D eigenvalue weighted by Crippen LogP contribution is -2.32. The van der Waals surface area contributed by atoms with Crippen LogP contribution < -0.4 is 5.32 Å². The maximum Gasteiger partial charge on any atom is 0.336 e. The first-order chi connectivity index (χ1) is 16.3. The van der Waals surface area contributed by atoms with E-state index in [-0.39, 0.29) is 30.0 Å². The Hall–Kier alpha value is -4.01. The molecule has 0 fully saturated rings. The molecule has 2 heterocycles. The summed E-state index contributed by atoms with van der Waals surface area (Å²) in [6.07, 6.45) is 4.74. The highest BCUT2D eigenvalue weighted by molar-refractivity contribution is 5.99. The normalized spacial score (nSPS) is 15.6. The molecule has 9 heteroatoms. The van der Waals surface area contributed by atoms with Crippen molar-refractivity contribution in [3.63, 3.8) is 0 Å². The van der Waals surface area contributed by atoms with E-state index in [2.05, 4.69) is 10.3 Å². The molecule has 1 N–H and O–H groups in total. The van der Waals surface area contributed by atoms with Gasteiger partial charge in [-0.05, 0) is 56.9 Å². The summed E-state index contributed by atoms with van der Waals surface area (Å²) < 4.78 is 10.8. The largest absolute Gasteiger partial charge is 0.463 e. The van der Waals surface area contributed by atoms with Crippen molar-refractivity contribution >= 4 is 17.6 Å². The van der Waals surface area contributed by atoms with E-state index < -0.39 is 22.8 Å². The van der Waals surface area contributed by atoms with Gasteiger partial charge in [0.25, 0.3) is 5.69 Å². The van der Waals surface area contributed by atoms with Crippen LogP contribution in [0.3, 0.4) is 0 Å². The number of pyridine rings is 1. The molecule has 0 radical (unpaired) electrons. The number of dihydropyridines is 1. The molecule has 1 unspecified atom stereocenters. The van der Waals surface area contributed by atoms with E-state index in [0.29, 0.717) is 29.8 Å². The Bertz CT molecular complexity index is 1140. The number of esters is 2. The zero-order valence-corrected chi connectivity index (χ0v) is 19.4. The van der Waals surface area contributed by atoms with Gasteiger partial charge in [0.1, 0.15) is 0 Å². The van der Waals surface area contributed by atoms with Crippen LogP contribution in [0.25, 0.3) is 0 Å². The summed E-state index contributed by atoms with van der Waals surface area (Å²) in [7, 11) is 0. The quantitative estimate of drug-likeness (QED) is 0.256. The number of hydrogen-bond donors (Lipinski definition) is 1. The van der Waals surface area contributed by atoms with Gasteiger partial charge in [0.05, 0.1) is 35.2 Å². The van der Waals surface area contributed by atoms with Crippen LogP contribution in [0.1, 0.15) is 44.2 Å². The molecular weight excluding hydrogens is 438 g/mol. The molecule has 3 rings (SSSR count). The van der Waals surface area contributed by atoms with E-state index in [9.17, 15) is 19.7 Å². The average Bonchev–Trinajstić information content (AvgIpc) is 2.82. The zero-order chi connectivity index (χ0) is 24.7. The molecule has 9 nitrogen and oxygen atoms in total. The van der Waals surface area contributed by atoms with Gasteiger partial charge in [-0.3, -0.25) is 15.1 Å². The summed E-state index contributed by atoms with van der Waals surface area (Å²) >= 11 is 0. The lowest BCUT2D eigenvalue weighted by Gasteiger charge is -2.30. The van der Waals surface area contributed by atoms with Gasteiger partial charge in [-0.15, -0.1) is 0 Å². The maximum atomic E-state index is 13.2. The summed E-state index contributed by atoms with van der Waals surface area (Å²) in [6, 6.07) is 9.71. The topological polar surface area (TPSA) is 121 Å². The van der Waals surface area contributed by atoms with Crippen molar-refractivity contribution in [2.45, 2.75) is 39.5 Å². The maximum absolute atomic E-state index is 13.2. The predicted molar refractivity (Wildman–Crippen MR) is 125 cm³/mol. The van der Waals surface area contributed by atoms with Crippen LogP contribution in [-0.2, 0) is 25.5 Å². The molecule has 0 saturated heterocycles. The molecule has 1 aliphatic heterocycles. The van der Waals surface area contributed by atoms with Gasteiger partial charge in [0.2, 0.25) is 0 Å². The smallest absolute Gasteiger partial charge is 0.336 e. The van der Waals surface area contributed by atoms with Gasteiger partial charge < -0.3 is 14.8 Å². The number of nitrogens with one attached hydrogen (secondary N) is 1. The minimum Gasteiger partial charge on any atom is -0.463 e. The summed E-state index contributed by atoms with van der Waals surface area (Å²) in [5, 5.41) is 14.4. The second-order valence-corrected chi connectivity index (χ2v) is 7.80. The highest BCUT2D eigenvalue weighted by Crippen LogP contribution is 2.40. The van der Waals surface area contributed by atoms with E-state index in [4.69, 9.17) is 9.47 Å². The van der Waals surface area contributed by atoms with Crippen molar-refractivity contribution in [1.29, 1.82) is 0 Å². The first-order valence-corrected chi connectivity index (χ1v) is 11.0. The van der Waals surface area contributed by atoms with Crippen LogP contribution >= 0.6 is 0 Å². The Morgan fingerprint density at radius 3 is 2.32 bits per heavy atom. The molecule has 1 aromatic carbocycles. The first-order valence-electron chi connectivity index (χ1n) is 11.0. The molecule has 0 spiro atoms. The number of allylic oxidation sites excluding steroid dienone is 2. The standard InChI is InChI=1S/C25H27N3O6/c1-4-33-24(29)21-16(2)27-17(3)22(23(21)19-8-5-9-20(15-19)28(31)32)25(30)34-14-6-7-18-10-12-26-13-11-18/h5,8-13,15,23,27H,4,6-7,14H2,1-3H3. The Kier molecular flexibility index (Phi) is 8.13. The number of hydrogen-bond acceptors (Lipinski definition) is 8. The first kappa shape index (κ1) is 24.6. The third kappa shape index (κ3) is 5.67. The molecule has 1 aromatic heterocycles. The van der Waals surface area contributed by atoms with Gasteiger partial charge in [0.15, 0.2) is 0 Å². The molecule has 0 aliphatic carbocycles. The predicted octanol–water partition coefficient (Wildman–Crippen LogP) is 3.96. The van der Waals surface area contributed by atoms with Crippen LogP contribution in [0.4, 0.5) is 5.69 Å². The third-order valence-corrected chi connectivity index (χ3v) is 5.48. The highest BCUT2D eigenvalue weighted by Gasteiger charge is 2.38. The summed E-state index contributed by atoms with van der Waals surface area (Å²) in [4.78, 5) is 40.9. The second kappa shape index (κ2) is 11.2. The van der Waals surface area contributed by atoms with Crippen molar-refractivity contribution < 1.29 is 24.0 Å². The molecule has 1 aliphatic rings. The summed E-state index contributed by atoms with van der Waals surface area (Å²) in [6.45, 7) is 5.43. The highest BCUT2D eigenvalue weighted by atomic mass is 16.6. The Morgan fingerprint density at radius 1 is 1.06 bits per heavy atom. The van der Waals surface area contributed by atoms with Crippen LogP contribution in [0.15, 0.2) is 71.3 Å². The van der Waals surface area contributed by atoms with E-state index in [0.717, 1.165) is 5.56 Å². The van der Waals surface area contributed by atoms with Gasteiger partial charge in [-0.2, -0.15) is 0 Å². The van der Waals surface area contributed by atoms with E-state index in [1.165, 1.54) is 18.2 Å². The monoisotopic (exact) mass is 465 g/mol. The van der Waals surface area contributed by atoms with Crippen molar-refractivity contribution in [2.75, 3.05) is 13.2 Å². The fraction of sp³-hybridized carbons (Fsp3) is 0.320. The molecular formula is C25H27N3O6. The number of aryl methyl sites for hydroxylation is 1. The van der Waals surface area contributed by atoms with Crippen molar-refractivity contribution in [3.8, 4) is 0 Å². The molecule has 0 saturated carbocycles. The van der Waals surface area contributed by atoms with Crippen LogP contribution in [-0.4, -0.2) is 35.1 Å². The lowest BCUT2D eigenvalue weighted by molar-refractivity contribution is -0.384. The van der Waals surface area contributed by atoms with E-state index in [1.54, 1.807) is 39.2 Å². The summed E-state index contributed by atoms with van der Waals surface area (Å²) in [5.74, 6) is -2.06. The van der Waals surface area contributed by atoms with Gasteiger partial charge in [-0.1, -0.05) is 12.1 Å². The van der Waals surface area contributed by atoms with Crippen molar-refractivity contribution in [3.05, 3.63) is 92.6 Å². The zero-order valence-electron chi connectivity index (χ0n) is 19.4. The summed E-state index contributed by atoms with van der Waals surface area (Å²) in [5.41, 5.74) is 2.84. The van der Waals surface area contributed by atoms with E-state index >= 15 is 0 Å². The Labute approximate surface area is 197 Å². The van der Waals surface area contributed by atoms with Crippen LogP contribution in [0, 0.1) is 10.1 Å².